The maximum atomic E-state index is 10.7. The lowest BCUT2D eigenvalue weighted by Gasteiger charge is -2.42. The SMILES string of the molecule is B[C@H]1CC[C@@]1(C#N)NC(C)=O. The third-order valence-corrected chi connectivity index (χ3v) is 2.41. The average Bonchev–Trinajstić information content (AvgIpc) is 1.96. The first-order chi connectivity index (χ1) is 5.10. The standard InChI is InChI=1S/C7H11BN2O/c1-5(11)10-7(4-9)3-2-6(7)8/h6H,2-3,8H2,1H3,(H,10,11)/t6-,7-/m0/s1. The number of rotatable bonds is 1. The predicted octanol–water partition coefficient (Wildman–Crippen LogP) is -0.400. The third-order valence-electron chi connectivity index (χ3n) is 2.41. The maximum Gasteiger partial charge on any atom is 0.218 e. The highest BCUT2D eigenvalue weighted by Crippen LogP contribution is 2.40. The number of carbonyl (C=O) groups is 1. The van der Waals surface area contributed by atoms with Crippen molar-refractivity contribution in [2.75, 3.05) is 0 Å². The lowest BCUT2D eigenvalue weighted by Crippen LogP contribution is -2.55. The Morgan fingerprint density at radius 3 is 2.64 bits per heavy atom. The molecule has 11 heavy (non-hydrogen) atoms. The summed E-state index contributed by atoms with van der Waals surface area (Å²) in [6, 6.07) is 2.16. The summed E-state index contributed by atoms with van der Waals surface area (Å²) in [6.07, 6.45) is 1.83. The monoisotopic (exact) mass is 150 g/mol. The fraction of sp³-hybridized carbons (Fsp3) is 0.714. The van der Waals surface area contributed by atoms with Crippen LogP contribution in [0.1, 0.15) is 19.8 Å². The molecule has 1 fully saturated rings. The van der Waals surface area contributed by atoms with Gasteiger partial charge in [-0.05, 0) is 12.2 Å². The minimum absolute atomic E-state index is 0.113. The number of hydrogen-bond donors (Lipinski definition) is 1. The highest BCUT2D eigenvalue weighted by Gasteiger charge is 2.44. The Hall–Kier alpha value is -0.975. The molecular formula is C7H11BN2O. The molecule has 0 spiro atoms. The normalized spacial score (nSPS) is 35.1. The molecule has 0 radical (unpaired) electrons. The number of hydrogen-bond acceptors (Lipinski definition) is 2. The van der Waals surface area contributed by atoms with E-state index in [1.54, 1.807) is 0 Å². The van der Waals surface area contributed by atoms with Gasteiger partial charge in [0.15, 0.2) is 0 Å². The van der Waals surface area contributed by atoms with E-state index in [1.807, 2.05) is 7.85 Å². The molecule has 0 heterocycles. The second-order valence-electron chi connectivity index (χ2n) is 3.20. The summed E-state index contributed by atoms with van der Waals surface area (Å²) in [6.45, 7) is 1.45. The van der Waals surface area contributed by atoms with Crippen LogP contribution in [0, 0.1) is 11.3 Å². The number of nitrogens with zero attached hydrogens (tertiary/aromatic N) is 1. The topological polar surface area (TPSA) is 52.9 Å². The van der Waals surface area contributed by atoms with Crippen molar-refractivity contribution in [3.63, 3.8) is 0 Å². The van der Waals surface area contributed by atoms with Gasteiger partial charge in [-0.3, -0.25) is 4.79 Å². The fourth-order valence-corrected chi connectivity index (χ4v) is 1.42. The average molecular weight is 150 g/mol. The molecule has 1 aliphatic rings. The Kier molecular flexibility index (Phi) is 1.90. The van der Waals surface area contributed by atoms with Crippen molar-refractivity contribution in [3.8, 4) is 6.07 Å². The summed E-state index contributed by atoms with van der Waals surface area (Å²) in [5, 5.41) is 11.5. The third kappa shape index (κ3) is 1.23. The van der Waals surface area contributed by atoms with Crippen molar-refractivity contribution >= 4 is 13.8 Å². The first-order valence-corrected chi connectivity index (χ1v) is 3.81. The van der Waals surface area contributed by atoms with Crippen LogP contribution in [0.2, 0.25) is 5.82 Å². The van der Waals surface area contributed by atoms with Crippen LogP contribution in [0.4, 0.5) is 0 Å². The van der Waals surface area contributed by atoms with Crippen LogP contribution in [0.25, 0.3) is 0 Å². The van der Waals surface area contributed by atoms with Gasteiger partial charge in [-0.1, -0.05) is 6.42 Å². The molecule has 1 rings (SSSR count). The quantitative estimate of drug-likeness (QED) is 0.517. The van der Waals surface area contributed by atoms with Crippen LogP contribution in [-0.2, 0) is 4.79 Å². The maximum absolute atomic E-state index is 10.7. The Balaban J connectivity index is 2.64. The minimum atomic E-state index is -0.550. The molecule has 3 nitrogen and oxygen atoms in total. The van der Waals surface area contributed by atoms with Gasteiger partial charge in [-0.2, -0.15) is 5.26 Å². The highest BCUT2D eigenvalue weighted by molar-refractivity contribution is 6.14. The fourth-order valence-electron chi connectivity index (χ4n) is 1.42. The van der Waals surface area contributed by atoms with Crippen molar-refractivity contribution in [1.29, 1.82) is 5.26 Å². The van der Waals surface area contributed by atoms with Crippen LogP contribution in [0.5, 0.6) is 0 Å². The lowest BCUT2D eigenvalue weighted by atomic mass is 9.57. The van der Waals surface area contributed by atoms with E-state index in [0.717, 1.165) is 12.8 Å². The van der Waals surface area contributed by atoms with E-state index in [0.29, 0.717) is 5.82 Å². The smallest absolute Gasteiger partial charge is 0.218 e. The zero-order valence-corrected chi connectivity index (χ0v) is 6.85. The molecule has 2 atom stereocenters. The summed E-state index contributed by atoms with van der Waals surface area (Å²) < 4.78 is 0. The van der Waals surface area contributed by atoms with Gasteiger partial charge in [-0.25, -0.2) is 0 Å². The number of carbonyl (C=O) groups excluding carboxylic acids is 1. The Bertz CT molecular complexity index is 223. The van der Waals surface area contributed by atoms with E-state index in [4.69, 9.17) is 5.26 Å². The highest BCUT2D eigenvalue weighted by atomic mass is 16.1. The predicted molar refractivity (Wildman–Crippen MR) is 43.7 cm³/mol. The van der Waals surface area contributed by atoms with Crippen molar-refractivity contribution < 1.29 is 4.79 Å². The van der Waals surface area contributed by atoms with Gasteiger partial charge in [0.1, 0.15) is 13.4 Å². The van der Waals surface area contributed by atoms with E-state index in [-0.39, 0.29) is 5.91 Å². The molecule has 1 amide bonds. The Morgan fingerprint density at radius 2 is 2.55 bits per heavy atom. The molecule has 1 aliphatic carbocycles. The molecule has 58 valence electrons. The Labute approximate surface area is 67.2 Å². The van der Waals surface area contributed by atoms with Crippen LogP contribution in [0.3, 0.4) is 0 Å². The van der Waals surface area contributed by atoms with Gasteiger partial charge in [0.2, 0.25) is 5.91 Å². The molecule has 0 bridgehead atoms. The second kappa shape index (κ2) is 2.57. The number of nitriles is 1. The molecule has 0 aromatic carbocycles. The second-order valence-corrected chi connectivity index (χ2v) is 3.20. The summed E-state index contributed by atoms with van der Waals surface area (Å²) >= 11 is 0. The van der Waals surface area contributed by atoms with Gasteiger partial charge in [0.25, 0.3) is 0 Å². The van der Waals surface area contributed by atoms with Crippen LogP contribution >= 0.6 is 0 Å². The number of nitrogens with one attached hydrogen (secondary N) is 1. The molecule has 1 N–H and O–H groups in total. The van der Waals surface area contributed by atoms with E-state index in [1.165, 1.54) is 6.92 Å². The summed E-state index contributed by atoms with van der Waals surface area (Å²) in [4.78, 5) is 10.7. The summed E-state index contributed by atoms with van der Waals surface area (Å²) in [5.74, 6) is 0.189. The van der Waals surface area contributed by atoms with E-state index in [2.05, 4.69) is 11.4 Å². The molecule has 4 heteroatoms. The Morgan fingerprint density at radius 1 is 1.91 bits per heavy atom. The summed E-state index contributed by atoms with van der Waals surface area (Å²) in [7, 11) is 1.99. The van der Waals surface area contributed by atoms with Crippen LogP contribution in [0.15, 0.2) is 0 Å². The molecule has 1 saturated carbocycles. The van der Waals surface area contributed by atoms with Gasteiger partial charge in [0, 0.05) is 6.92 Å². The van der Waals surface area contributed by atoms with Crippen LogP contribution < -0.4 is 5.32 Å². The van der Waals surface area contributed by atoms with E-state index < -0.39 is 5.54 Å². The molecule has 0 unspecified atom stereocenters. The van der Waals surface area contributed by atoms with Gasteiger partial charge >= 0.3 is 0 Å². The molecule has 0 aliphatic heterocycles. The zero-order chi connectivity index (χ0) is 8.48. The van der Waals surface area contributed by atoms with Crippen molar-refractivity contribution in [2.45, 2.75) is 31.1 Å². The van der Waals surface area contributed by atoms with Gasteiger partial charge in [-0.15, -0.1) is 0 Å². The van der Waals surface area contributed by atoms with Crippen molar-refractivity contribution in [3.05, 3.63) is 0 Å². The van der Waals surface area contributed by atoms with Gasteiger partial charge < -0.3 is 5.32 Å². The minimum Gasteiger partial charge on any atom is -0.338 e. The summed E-state index contributed by atoms with van der Waals surface area (Å²) in [5.41, 5.74) is -0.550. The van der Waals surface area contributed by atoms with Gasteiger partial charge in [0.05, 0.1) is 6.07 Å². The van der Waals surface area contributed by atoms with Crippen molar-refractivity contribution in [2.24, 2.45) is 0 Å². The zero-order valence-electron chi connectivity index (χ0n) is 6.85. The molecule has 0 saturated heterocycles. The lowest BCUT2D eigenvalue weighted by molar-refractivity contribution is -0.121. The van der Waals surface area contributed by atoms with Crippen LogP contribution in [-0.4, -0.2) is 19.3 Å². The number of amides is 1. The van der Waals surface area contributed by atoms with Crippen molar-refractivity contribution in [1.82, 2.24) is 5.32 Å². The molecule has 0 aromatic rings. The van der Waals surface area contributed by atoms with E-state index in [9.17, 15) is 4.79 Å². The molecule has 0 aromatic heterocycles. The first kappa shape index (κ1) is 8.12. The first-order valence-electron chi connectivity index (χ1n) is 3.81. The largest absolute Gasteiger partial charge is 0.338 e. The van der Waals surface area contributed by atoms with E-state index >= 15 is 0 Å². The molecular weight excluding hydrogens is 139 g/mol.